The first kappa shape index (κ1) is 46.8. The molecule has 0 N–H and O–H groups in total. The Hall–Kier alpha value is 0.750. The van der Waals surface area contributed by atoms with E-state index in [2.05, 4.69) is 79.9 Å². The summed E-state index contributed by atoms with van der Waals surface area (Å²) in [7, 11) is 4.16. The maximum Gasteiger partial charge on any atom is 0.306 e. The van der Waals surface area contributed by atoms with Crippen molar-refractivity contribution in [1.82, 2.24) is 4.90 Å². The summed E-state index contributed by atoms with van der Waals surface area (Å²) in [6, 6.07) is 0. The first-order chi connectivity index (χ1) is 23.5. The molecule has 0 aromatic rings. The first-order valence-electron chi connectivity index (χ1n) is 20.0. The molecule has 1 saturated heterocycles. The van der Waals surface area contributed by atoms with Crippen LogP contribution in [0, 0.1) is 0 Å². The molecular formula is C39H77NO4S4. The Kier molecular flexibility index (Phi) is 35.2. The lowest BCUT2D eigenvalue weighted by Gasteiger charge is -2.19. The van der Waals surface area contributed by atoms with Crippen molar-refractivity contribution < 1.29 is 19.0 Å². The first-order valence-corrected chi connectivity index (χ1v) is 24.6. The third kappa shape index (κ3) is 31.5. The van der Waals surface area contributed by atoms with Gasteiger partial charge in [0.25, 0.3) is 0 Å². The fraction of sp³-hybridized carbons (Fsp3) is 0.974. The minimum atomic E-state index is -0.269. The fourth-order valence-electron chi connectivity index (χ4n) is 5.78. The van der Waals surface area contributed by atoms with E-state index < -0.39 is 0 Å². The van der Waals surface area contributed by atoms with Crippen LogP contribution in [0.4, 0.5) is 0 Å². The molecule has 0 spiro atoms. The summed E-state index contributed by atoms with van der Waals surface area (Å²) in [6.45, 7) is 6.17. The van der Waals surface area contributed by atoms with Crippen molar-refractivity contribution in [3.63, 3.8) is 0 Å². The molecule has 1 aliphatic rings. The van der Waals surface area contributed by atoms with Gasteiger partial charge in [0.1, 0.15) is 6.10 Å². The van der Waals surface area contributed by atoms with Crippen molar-refractivity contribution in [2.45, 2.75) is 180 Å². The minimum Gasteiger partial charge on any atom is -0.462 e. The van der Waals surface area contributed by atoms with Crippen LogP contribution in [0.3, 0.4) is 0 Å². The van der Waals surface area contributed by atoms with Crippen LogP contribution in [0.2, 0.25) is 0 Å². The summed E-state index contributed by atoms with van der Waals surface area (Å²) >= 11 is 8.47. The number of rotatable bonds is 37. The van der Waals surface area contributed by atoms with Gasteiger partial charge in [-0.15, -0.1) is 0 Å². The number of nitrogens with zero attached hydrogens (tertiary/aromatic N) is 1. The molecule has 9 heteroatoms. The molecule has 5 nitrogen and oxygen atoms in total. The monoisotopic (exact) mass is 751 g/mol. The Balaban J connectivity index is 2.20. The Morgan fingerprint density at radius 3 is 1.60 bits per heavy atom. The zero-order valence-corrected chi connectivity index (χ0v) is 35.1. The van der Waals surface area contributed by atoms with Crippen molar-refractivity contribution in [2.24, 2.45) is 0 Å². The summed E-state index contributed by atoms with van der Waals surface area (Å²) in [4.78, 5) is 15.0. The van der Waals surface area contributed by atoms with Crippen LogP contribution < -0.4 is 0 Å². The van der Waals surface area contributed by atoms with Crippen LogP contribution in [-0.4, -0.2) is 89.8 Å². The lowest BCUT2D eigenvalue weighted by molar-refractivity contribution is -0.152. The van der Waals surface area contributed by atoms with Crippen LogP contribution >= 0.6 is 47.0 Å². The molecular weight excluding hydrogens is 675 g/mol. The smallest absolute Gasteiger partial charge is 0.306 e. The van der Waals surface area contributed by atoms with E-state index in [1.165, 1.54) is 136 Å². The SMILES string of the molecule is CCCCCSCSCCCCCCCCC(CCCCCCCCSCSCCCCC)OC(=O)CCC1OCC(CCN(C)C)O1. The van der Waals surface area contributed by atoms with Gasteiger partial charge < -0.3 is 19.1 Å². The summed E-state index contributed by atoms with van der Waals surface area (Å²) < 4.78 is 17.9. The van der Waals surface area contributed by atoms with E-state index in [1.807, 2.05) is 0 Å². The Labute approximate surface area is 315 Å². The van der Waals surface area contributed by atoms with Gasteiger partial charge >= 0.3 is 5.97 Å². The summed E-state index contributed by atoms with van der Waals surface area (Å²) in [6.07, 6.45) is 27.5. The molecule has 0 aromatic carbocycles. The van der Waals surface area contributed by atoms with Gasteiger partial charge in [0, 0.05) is 23.1 Å². The molecule has 0 aromatic heterocycles. The highest BCUT2D eigenvalue weighted by Crippen LogP contribution is 2.22. The lowest BCUT2D eigenvalue weighted by Crippen LogP contribution is -2.22. The highest BCUT2D eigenvalue weighted by molar-refractivity contribution is 8.16. The average Bonchev–Trinajstić information content (AvgIpc) is 3.54. The van der Waals surface area contributed by atoms with Crippen LogP contribution in [0.5, 0.6) is 0 Å². The van der Waals surface area contributed by atoms with Crippen LogP contribution in [-0.2, 0) is 19.0 Å². The van der Waals surface area contributed by atoms with Crippen LogP contribution in [0.25, 0.3) is 0 Å². The number of carbonyl (C=O) groups excluding carboxylic acids is 1. The van der Waals surface area contributed by atoms with Gasteiger partial charge in [-0.1, -0.05) is 90.9 Å². The number of carbonyl (C=O) groups is 1. The number of unbranched alkanes of at least 4 members (excludes halogenated alkanes) is 14. The predicted molar refractivity (Wildman–Crippen MR) is 220 cm³/mol. The van der Waals surface area contributed by atoms with Crippen molar-refractivity contribution in [1.29, 1.82) is 0 Å². The van der Waals surface area contributed by atoms with E-state index in [1.54, 1.807) is 0 Å². The number of hydrogen-bond donors (Lipinski definition) is 0. The molecule has 2 atom stereocenters. The van der Waals surface area contributed by atoms with Crippen molar-refractivity contribution >= 4 is 53.0 Å². The number of thioether (sulfide) groups is 4. The van der Waals surface area contributed by atoms with E-state index in [0.29, 0.717) is 19.4 Å². The Bertz CT molecular complexity index is 658. The van der Waals surface area contributed by atoms with Crippen molar-refractivity contribution in [3.05, 3.63) is 0 Å². The third-order valence-corrected chi connectivity index (χ3v) is 13.8. The largest absolute Gasteiger partial charge is 0.462 e. The second-order valence-corrected chi connectivity index (χ2v) is 19.0. The van der Waals surface area contributed by atoms with Crippen LogP contribution in [0.15, 0.2) is 0 Å². The topological polar surface area (TPSA) is 48.0 Å². The molecule has 0 aliphatic carbocycles. The van der Waals surface area contributed by atoms with Gasteiger partial charge in [-0.25, -0.2) is 0 Å². The number of esters is 1. The fourth-order valence-corrected chi connectivity index (χ4v) is 10.2. The molecule has 48 heavy (non-hydrogen) atoms. The second kappa shape index (κ2) is 36.1. The third-order valence-electron chi connectivity index (χ3n) is 8.84. The minimum absolute atomic E-state index is 0.0632. The van der Waals surface area contributed by atoms with Gasteiger partial charge in [-0.05, 0) is 94.9 Å². The number of hydrogen-bond acceptors (Lipinski definition) is 9. The van der Waals surface area contributed by atoms with Crippen molar-refractivity contribution in [3.8, 4) is 0 Å². The number of ether oxygens (including phenoxy) is 3. The molecule has 1 fully saturated rings. The summed E-state index contributed by atoms with van der Waals surface area (Å²) in [5, 5.41) is 2.53. The van der Waals surface area contributed by atoms with Crippen LogP contribution in [0.1, 0.15) is 162 Å². The Morgan fingerprint density at radius 2 is 1.12 bits per heavy atom. The summed E-state index contributed by atoms with van der Waals surface area (Å²) in [5.74, 6) is 5.20. The standard InChI is InChI=1S/C39H77NO4S4/c1-5-7-19-29-45-34-47-31-21-15-11-9-13-17-23-36(24-18-14-10-12-16-22-32-48-35-46-30-20-8-6-2)43-38(41)25-26-39-42-33-37(44-39)27-28-40(3)4/h36-37,39H,5-35H2,1-4H3. The Morgan fingerprint density at radius 1 is 0.667 bits per heavy atom. The molecule has 0 radical (unpaired) electrons. The highest BCUT2D eigenvalue weighted by Gasteiger charge is 2.27. The molecule has 0 bridgehead atoms. The predicted octanol–water partition coefficient (Wildman–Crippen LogP) is 12.1. The highest BCUT2D eigenvalue weighted by atomic mass is 32.2. The molecule has 1 aliphatic heterocycles. The summed E-state index contributed by atoms with van der Waals surface area (Å²) in [5.41, 5.74) is 0. The molecule has 286 valence electrons. The molecule has 0 saturated carbocycles. The van der Waals surface area contributed by atoms with E-state index in [-0.39, 0.29) is 24.5 Å². The zero-order valence-electron chi connectivity index (χ0n) is 31.9. The van der Waals surface area contributed by atoms with Gasteiger partial charge in [-0.2, -0.15) is 47.0 Å². The van der Waals surface area contributed by atoms with E-state index >= 15 is 0 Å². The molecule has 1 heterocycles. The molecule has 0 amide bonds. The average molecular weight is 752 g/mol. The van der Waals surface area contributed by atoms with E-state index in [9.17, 15) is 4.79 Å². The maximum atomic E-state index is 12.9. The second-order valence-electron chi connectivity index (χ2n) is 13.9. The lowest BCUT2D eigenvalue weighted by atomic mass is 10.0. The van der Waals surface area contributed by atoms with Gasteiger partial charge in [-0.3, -0.25) is 4.79 Å². The quantitative estimate of drug-likeness (QED) is 0.0351. The van der Waals surface area contributed by atoms with Gasteiger partial charge in [0.15, 0.2) is 6.29 Å². The molecule has 1 rings (SSSR count). The van der Waals surface area contributed by atoms with E-state index in [0.717, 1.165) is 38.6 Å². The molecule has 2 unspecified atom stereocenters. The maximum absolute atomic E-state index is 12.9. The van der Waals surface area contributed by atoms with Gasteiger partial charge in [0.2, 0.25) is 0 Å². The zero-order chi connectivity index (χ0) is 34.8. The van der Waals surface area contributed by atoms with Crippen molar-refractivity contribution in [2.75, 3.05) is 60.4 Å². The van der Waals surface area contributed by atoms with Gasteiger partial charge in [0.05, 0.1) is 19.1 Å². The normalized spacial score (nSPS) is 16.5. The van der Waals surface area contributed by atoms with E-state index in [4.69, 9.17) is 14.2 Å².